The number of anilines is 1. The van der Waals surface area contributed by atoms with Crippen molar-refractivity contribution in [3.8, 4) is 34.2 Å². The van der Waals surface area contributed by atoms with Crippen LogP contribution in [0.5, 0.6) is 5.75 Å². The Labute approximate surface area is 185 Å². The van der Waals surface area contributed by atoms with E-state index in [1.54, 1.807) is 6.20 Å². The van der Waals surface area contributed by atoms with Crippen molar-refractivity contribution in [3.63, 3.8) is 0 Å². The van der Waals surface area contributed by atoms with Crippen molar-refractivity contribution in [3.05, 3.63) is 47.8 Å². The molecule has 8 heteroatoms. The van der Waals surface area contributed by atoms with Gasteiger partial charge in [-0.15, -0.1) is 0 Å². The number of aromatic amines is 2. The summed E-state index contributed by atoms with van der Waals surface area (Å²) < 4.78 is 6.17. The second-order valence-corrected chi connectivity index (χ2v) is 8.64. The zero-order valence-corrected chi connectivity index (χ0v) is 18.0. The van der Waals surface area contributed by atoms with Crippen LogP contribution in [-0.2, 0) is 0 Å². The molecule has 0 amide bonds. The summed E-state index contributed by atoms with van der Waals surface area (Å²) in [6, 6.07) is 12.9. The van der Waals surface area contributed by atoms with Gasteiger partial charge in [0.05, 0.1) is 35.1 Å². The molecule has 1 atom stereocenters. The highest BCUT2D eigenvalue weighted by Gasteiger charge is 2.32. The molecular formula is C24H23N7O. The van der Waals surface area contributed by atoms with Gasteiger partial charge in [0.2, 0.25) is 0 Å². The van der Waals surface area contributed by atoms with Crippen molar-refractivity contribution in [2.75, 3.05) is 38.2 Å². The molecule has 8 nitrogen and oxygen atoms in total. The maximum absolute atomic E-state index is 9.70. The Morgan fingerprint density at radius 1 is 1.16 bits per heavy atom. The molecular weight excluding hydrogens is 402 g/mol. The van der Waals surface area contributed by atoms with Crippen LogP contribution in [0.4, 0.5) is 5.69 Å². The van der Waals surface area contributed by atoms with Crippen LogP contribution in [0.3, 0.4) is 0 Å². The van der Waals surface area contributed by atoms with E-state index in [-0.39, 0.29) is 0 Å². The summed E-state index contributed by atoms with van der Waals surface area (Å²) in [5, 5.41) is 25.4. The predicted molar refractivity (Wildman–Crippen MR) is 123 cm³/mol. The highest BCUT2D eigenvalue weighted by Crippen LogP contribution is 2.40. The number of hydrogen-bond donors (Lipinski definition) is 2. The number of hydrogen-bond acceptors (Lipinski definition) is 6. The lowest BCUT2D eigenvalue weighted by atomic mass is 9.97. The second-order valence-electron chi connectivity index (χ2n) is 8.64. The third-order valence-corrected chi connectivity index (χ3v) is 6.60. The molecule has 2 aliphatic heterocycles. The molecule has 0 aliphatic carbocycles. The summed E-state index contributed by atoms with van der Waals surface area (Å²) in [7, 11) is 2.16. The van der Waals surface area contributed by atoms with Crippen molar-refractivity contribution < 1.29 is 4.74 Å². The fraction of sp³-hybridized carbons (Fsp3) is 0.292. The first-order chi connectivity index (χ1) is 15.6. The first kappa shape index (κ1) is 18.9. The van der Waals surface area contributed by atoms with Crippen LogP contribution in [-0.4, -0.2) is 64.6 Å². The Balaban J connectivity index is 1.44. The molecule has 0 radical (unpaired) electrons. The van der Waals surface area contributed by atoms with Crippen LogP contribution < -0.4 is 9.64 Å². The molecule has 1 saturated heterocycles. The number of fused-ring (bicyclic) bond motifs is 4. The SMILES string of the molecule is Cc1[nH]ncc1-c1cc2c(-c3ccc4c(c3)OCC3CN(C)CCN43)n[nH]c2cc1C#N. The monoisotopic (exact) mass is 425 g/mol. The maximum atomic E-state index is 9.70. The predicted octanol–water partition coefficient (Wildman–Crippen LogP) is 3.31. The second kappa shape index (κ2) is 7.11. The number of ether oxygens (including phenoxy) is 1. The molecule has 1 fully saturated rings. The smallest absolute Gasteiger partial charge is 0.143 e. The highest BCUT2D eigenvalue weighted by atomic mass is 16.5. The standard InChI is InChI=1S/C24H23N7O/c1-14-20(11-26-27-14)18-9-19-21(7-16(18)10-25)28-29-24(19)15-3-4-22-23(8-15)32-13-17-12-30(2)5-6-31(17)22/h3-4,7-9,11,17H,5-6,12-13H2,1-2H3,(H,26,27)(H,28,29). The minimum absolute atomic E-state index is 0.392. The van der Waals surface area contributed by atoms with Crippen molar-refractivity contribution in [2.24, 2.45) is 0 Å². The average Bonchev–Trinajstić information content (AvgIpc) is 3.42. The van der Waals surface area contributed by atoms with Gasteiger partial charge in [0.1, 0.15) is 18.1 Å². The van der Waals surface area contributed by atoms with Crippen LogP contribution in [0, 0.1) is 18.3 Å². The lowest BCUT2D eigenvalue weighted by molar-refractivity contribution is 0.188. The minimum atomic E-state index is 0.392. The molecule has 6 rings (SSSR count). The largest absolute Gasteiger partial charge is 0.489 e. The Bertz CT molecular complexity index is 1380. The lowest BCUT2D eigenvalue weighted by Gasteiger charge is -2.44. The summed E-state index contributed by atoms with van der Waals surface area (Å²) in [4.78, 5) is 4.82. The summed E-state index contributed by atoms with van der Waals surface area (Å²) >= 11 is 0. The van der Waals surface area contributed by atoms with Gasteiger partial charge in [0.15, 0.2) is 0 Å². The molecule has 1 unspecified atom stereocenters. The molecule has 0 saturated carbocycles. The number of benzene rings is 2. The van der Waals surface area contributed by atoms with Crippen LogP contribution in [0.25, 0.3) is 33.3 Å². The lowest BCUT2D eigenvalue weighted by Crippen LogP contribution is -2.56. The molecule has 160 valence electrons. The van der Waals surface area contributed by atoms with Crippen LogP contribution in [0.15, 0.2) is 36.5 Å². The Kier molecular flexibility index (Phi) is 4.20. The van der Waals surface area contributed by atoms with Gasteiger partial charge < -0.3 is 14.5 Å². The van der Waals surface area contributed by atoms with Crippen LogP contribution in [0.2, 0.25) is 0 Å². The van der Waals surface area contributed by atoms with E-state index in [1.807, 2.05) is 19.1 Å². The molecule has 2 aromatic carbocycles. The number of H-pyrrole nitrogens is 2. The molecule has 2 aromatic heterocycles. The number of nitrogens with one attached hydrogen (secondary N) is 2. The van der Waals surface area contributed by atoms with E-state index < -0.39 is 0 Å². The molecule has 0 bridgehead atoms. The zero-order chi connectivity index (χ0) is 21.8. The molecule has 2 N–H and O–H groups in total. The quantitative estimate of drug-likeness (QED) is 0.511. The topological polar surface area (TPSA) is 96.9 Å². The summed E-state index contributed by atoms with van der Waals surface area (Å²) in [5.74, 6) is 0.902. The van der Waals surface area contributed by atoms with Gasteiger partial charge in [-0.3, -0.25) is 10.2 Å². The van der Waals surface area contributed by atoms with Crippen molar-refractivity contribution in [1.82, 2.24) is 25.3 Å². The Morgan fingerprint density at radius 3 is 2.88 bits per heavy atom. The van der Waals surface area contributed by atoms with Gasteiger partial charge in [0, 0.05) is 47.4 Å². The van der Waals surface area contributed by atoms with Crippen molar-refractivity contribution in [1.29, 1.82) is 5.26 Å². The van der Waals surface area contributed by atoms with E-state index in [0.29, 0.717) is 18.2 Å². The van der Waals surface area contributed by atoms with Gasteiger partial charge in [-0.05, 0) is 38.2 Å². The highest BCUT2D eigenvalue weighted by molar-refractivity contribution is 5.98. The van der Waals surface area contributed by atoms with Gasteiger partial charge in [-0.25, -0.2) is 0 Å². The van der Waals surface area contributed by atoms with Gasteiger partial charge in [-0.1, -0.05) is 6.07 Å². The van der Waals surface area contributed by atoms with Crippen molar-refractivity contribution >= 4 is 16.6 Å². The number of piperazine rings is 1. The van der Waals surface area contributed by atoms with Gasteiger partial charge >= 0.3 is 0 Å². The summed E-state index contributed by atoms with van der Waals surface area (Å²) in [6.07, 6.45) is 1.76. The molecule has 32 heavy (non-hydrogen) atoms. The molecule has 0 spiro atoms. The summed E-state index contributed by atoms with van der Waals surface area (Å²) in [5.41, 5.74) is 7.11. The van der Waals surface area contributed by atoms with E-state index in [0.717, 1.165) is 70.1 Å². The number of nitrogens with zero attached hydrogens (tertiary/aromatic N) is 5. The number of rotatable bonds is 2. The van der Waals surface area contributed by atoms with Gasteiger partial charge in [0.25, 0.3) is 0 Å². The third-order valence-electron chi connectivity index (χ3n) is 6.60. The number of likely N-dealkylation sites (N-methyl/N-ethyl adjacent to an activating group) is 1. The molecule has 4 aromatic rings. The van der Waals surface area contributed by atoms with E-state index in [4.69, 9.17) is 4.74 Å². The van der Waals surface area contributed by atoms with E-state index >= 15 is 0 Å². The first-order valence-corrected chi connectivity index (χ1v) is 10.8. The Morgan fingerprint density at radius 2 is 2.06 bits per heavy atom. The first-order valence-electron chi connectivity index (χ1n) is 10.8. The average molecular weight is 425 g/mol. The van der Waals surface area contributed by atoms with E-state index in [1.165, 1.54) is 0 Å². The summed E-state index contributed by atoms with van der Waals surface area (Å²) in [6.45, 7) is 5.72. The van der Waals surface area contributed by atoms with Crippen molar-refractivity contribution in [2.45, 2.75) is 13.0 Å². The number of aromatic nitrogens is 4. The zero-order valence-electron chi connectivity index (χ0n) is 18.0. The maximum Gasteiger partial charge on any atom is 0.143 e. The number of nitriles is 1. The Hall–Kier alpha value is -3.83. The van der Waals surface area contributed by atoms with E-state index in [9.17, 15) is 5.26 Å². The fourth-order valence-electron chi connectivity index (χ4n) is 4.89. The third kappa shape index (κ3) is 2.86. The fourth-order valence-corrected chi connectivity index (χ4v) is 4.89. The van der Waals surface area contributed by atoms with Crippen LogP contribution in [0.1, 0.15) is 11.3 Å². The minimum Gasteiger partial charge on any atom is -0.489 e. The van der Waals surface area contributed by atoms with E-state index in [2.05, 4.69) is 61.5 Å². The van der Waals surface area contributed by atoms with Crippen LogP contribution >= 0.6 is 0 Å². The normalized spacial score (nSPS) is 18.2. The number of aryl methyl sites for hydroxylation is 1. The molecule has 2 aliphatic rings. The molecule has 4 heterocycles. The van der Waals surface area contributed by atoms with Gasteiger partial charge in [-0.2, -0.15) is 15.5 Å².